The van der Waals surface area contributed by atoms with Gasteiger partial charge >= 0.3 is 0 Å². The molecule has 1 aliphatic carbocycles. The number of halogens is 2. The van der Waals surface area contributed by atoms with E-state index in [9.17, 15) is 9.59 Å². The minimum Gasteiger partial charge on any atom is -0.467 e. The molecule has 7 nitrogen and oxygen atoms in total. The van der Waals surface area contributed by atoms with Gasteiger partial charge in [0.15, 0.2) is 6.79 Å². The van der Waals surface area contributed by atoms with Gasteiger partial charge in [0.2, 0.25) is 5.91 Å². The molecule has 3 N–H and O–H groups in total. The van der Waals surface area contributed by atoms with E-state index in [0.717, 1.165) is 12.8 Å². The number of ether oxygens (including phenoxy) is 2. The Labute approximate surface area is 172 Å². The lowest BCUT2D eigenvalue weighted by Crippen LogP contribution is -2.16. The highest BCUT2D eigenvalue weighted by molar-refractivity contribution is 6.40. The molecule has 9 heteroatoms. The fourth-order valence-corrected chi connectivity index (χ4v) is 3.47. The molecule has 2 aromatic rings. The summed E-state index contributed by atoms with van der Waals surface area (Å²) in [5.41, 5.74) is 5.63. The van der Waals surface area contributed by atoms with Crippen LogP contribution >= 0.6 is 23.2 Å². The highest BCUT2D eigenvalue weighted by Gasteiger charge is 2.17. The molecule has 1 fully saturated rings. The van der Waals surface area contributed by atoms with E-state index in [-0.39, 0.29) is 39.9 Å². The minimum absolute atomic E-state index is 0.0898. The number of carbonyl (C=O) groups excluding carboxylic acids is 2. The van der Waals surface area contributed by atoms with E-state index < -0.39 is 11.8 Å². The largest absolute Gasteiger partial charge is 0.467 e. The molecule has 0 bridgehead atoms. The molecular formula is C19H19Cl2N3O4. The molecule has 2 amide bonds. The third-order valence-corrected chi connectivity index (χ3v) is 4.96. The molecule has 1 saturated carbocycles. The average molecular weight is 424 g/mol. The van der Waals surface area contributed by atoms with Crippen LogP contribution in [0.15, 0.2) is 30.5 Å². The molecule has 0 spiro atoms. The zero-order valence-corrected chi connectivity index (χ0v) is 16.4. The number of hydrogen-bond acceptors (Lipinski definition) is 5. The third kappa shape index (κ3) is 5.13. The molecule has 0 unspecified atom stereocenters. The number of rotatable bonds is 7. The monoisotopic (exact) mass is 423 g/mol. The van der Waals surface area contributed by atoms with Gasteiger partial charge in [0, 0.05) is 17.8 Å². The van der Waals surface area contributed by atoms with Gasteiger partial charge in [-0.15, -0.1) is 0 Å². The second kappa shape index (κ2) is 9.23. The Hall–Kier alpha value is -2.35. The summed E-state index contributed by atoms with van der Waals surface area (Å²) in [6, 6.07) is 5.79. The Balaban J connectivity index is 1.65. The first-order valence-electron chi connectivity index (χ1n) is 8.74. The summed E-state index contributed by atoms with van der Waals surface area (Å²) >= 11 is 12.2. The Morgan fingerprint density at radius 1 is 1.18 bits per heavy atom. The topological polar surface area (TPSA) is 104 Å². The fraction of sp³-hybridized carbons (Fsp3) is 0.316. The van der Waals surface area contributed by atoms with Gasteiger partial charge in [-0.2, -0.15) is 0 Å². The van der Waals surface area contributed by atoms with Crippen molar-refractivity contribution in [3.63, 3.8) is 0 Å². The first-order chi connectivity index (χ1) is 13.4. The van der Waals surface area contributed by atoms with Crippen LogP contribution in [0.5, 0.6) is 5.75 Å². The van der Waals surface area contributed by atoms with Crippen molar-refractivity contribution in [3.8, 4) is 5.75 Å². The smallest absolute Gasteiger partial charge is 0.274 e. The van der Waals surface area contributed by atoms with Gasteiger partial charge in [-0.25, -0.2) is 0 Å². The molecule has 1 aromatic heterocycles. The molecule has 28 heavy (non-hydrogen) atoms. The first-order valence-corrected chi connectivity index (χ1v) is 9.50. The van der Waals surface area contributed by atoms with Gasteiger partial charge in [-0.05, 0) is 31.0 Å². The maximum Gasteiger partial charge on any atom is 0.274 e. The van der Waals surface area contributed by atoms with Crippen LogP contribution in [-0.4, -0.2) is 29.7 Å². The van der Waals surface area contributed by atoms with E-state index in [2.05, 4.69) is 10.3 Å². The Kier molecular flexibility index (Phi) is 6.72. The predicted octanol–water partition coefficient (Wildman–Crippen LogP) is 4.04. The lowest BCUT2D eigenvalue weighted by Gasteiger charge is -2.13. The molecule has 0 radical (unpaired) electrons. The van der Waals surface area contributed by atoms with E-state index in [4.69, 9.17) is 38.4 Å². The van der Waals surface area contributed by atoms with Crippen LogP contribution < -0.4 is 15.8 Å². The van der Waals surface area contributed by atoms with Crippen molar-refractivity contribution in [2.45, 2.75) is 31.8 Å². The Morgan fingerprint density at radius 3 is 2.50 bits per heavy atom. The van der Waals surface area contributed by atoms with Crippen molar-refractivity contribution in [1.82, 2.24) is 4.98 Å². The molecule has 0 aliphatic heterocycles. The average Bonchev–Trinajstić information content (AvgIpc) is 3.18. The van der Waals surface area contributed by atoms with Gasteiger partial charge < -0.3 is 20.5 Å². The molecule has 148 valence electrons. The fourth-order valence-electron chi connectivity index (χ4n) is 2.89. The molecule has 1 heterocycles. The molecule has 1 aromatic carbocycles. The quantitative estimate of drug-likeness (QED) is 0.653. The second-order valence-corrected chi connectivity index (χ2v) is 7.16. The summed E-state index contributed by atoms with van der Waals surface area (Å²) < 4.78 is 11.2. The second-order valence-electron chi connectivity index (χ2n) is 6.35. The van der Waals surface area contributed by atoms with Crippen LogP contribution in [-0.2, 0) is 4.74 Å². The maximum atomic E-state index is 12.5. The van der Waals surface area contributed by atoms with Crippen molar-refractivity contribution >= 4 is 40.7 Å². The van der Waals surface area contributed by atoms with Crippen molar-refractivity contribution in [2.24, 2.45) is 5.73 Å². The van der Waals surface area contributed by atoms with Crippen LogP contribution in [0.2, 0.25) is 10.0 Å². The highest BCUT2D eigenvalue weighted by atomic mass is 35.5. The number of benzene rings is 1. The van der Waals surface area contributed by atoms with Gasteiger partial charge in [-0.1, -0.05) is 36.0 Å². The van der Waals surface area contributed by atoms with Crippen LogP contribution in [0.3, 0.4) is 0 Å². The first kappa shape index (κ1) is 20.4. The number of pyridine rings is 1. The van der Waals surface area contributed by atoms with Gasteiger partial charge in [-0.3, -0.25) is 14.6 Å². The number of amides is 2. The van der Waals surface area contributed by atoms with Crippen molar-refractivity contribution in [3.05, 3.63) is 51.8 Å². The number of carbonyl (C=O) groups is 2. The summed E-state index contributed by atoms with van der Waals surface area (Å²) in [6.07, 6.45) is 6.13. The van der Waals surface area contributed by atoms with E-state index in [1.807, 2.05) is 0 Å². The lowest BCUT2D eigenvalue weighted by molar-refractivity contribution is -0.0325. The van der Waals surface area contributed by atoms with Crippen LogP contribution in [0, 0.1) is 0 Å². The van der Waals surface area contributed by atoms with E-state index in [0.29, 0.717) is 5.75 Å². The summed E-state index contributed by atoms with van der Waals surface area (Å²) in [4.78, 5) is 27.8. The molecule has 0 atom stereocenters. The van der Waals surface area contributed by atoms with E-state index in [1.165, 1.54) is 37.2 Å². The van der Waals surface area contributed by atoms with Crippen molar-refractivity contribution in [2.75, 3.05) is 12.1 Å². The number of primary amides is 1. The van der Waals surface area contributed by atoms with Crippen LogP contribution in [0.4, 0.5) is 5.69 Å². The number of aromatic nitrogens is 1. The Morgan fingerprint density at radius 2 is 1.86 bits per heavy atom. The summed E-state index contributed by atoms with van der Waals surface area (Å²) in [5.74, 6) is -0.745. The number of nitrogens with zero attached hydrogens (tertiary/aromatic N) is 1. The number of nitrogens with two attached hydrogens (primary N) is 1. The van der Waals surface area contributed by atoms with Crippen LogP contribution in [0.1, 0.15) is 46.5 Å². The summed E-state index contributed by atoms with van der Waals surface area (Å²) in [7, 11) is 0. The Bertz CT molecular complexity index is 862. The maximum absolute atomic E-state index is 12.5. The number of hydrogen-bond donors (Lipinski definition) is 2. The molecular weight excluding hydrogens is 405 g/mol. The predicted molar refractivity (Wildman–Crippen MR) is 106 cm³/mol. The summed E-state index contributed by atoms with van der Waals surface area (Å²) in [6.45, 7) is 0.113. The molecule has 0 saturated heterocycles. The standard InChI is InChI=1S/C19H19Cl2N3O4/c20-14-7-11(18(22)25)8-15(21)17(14)24-19(26)16-9-13(5-6-23-16)28-10-27-12-3-1-2-4-12/h5-9,12H,1-4,10H2,(H2,22,25)(H,24,26). The molecule has 3 rings (SSSR count). The minimum atomic E-state index is -0.673. The van der Waals surface area contributed by atoms with Gasteiger partial charge in [0.05, 0.1) is 21.8 Å². The lowest BCUT2D eigenvalue weighted by atomic mass is 10.2. The zero-order valence-electron chi connectivity index (χ0n) is 14.9. The third-order valence-electron chi connectivity index (χ3n) is 4.36. The van der Waals surface area contributed by atoms with E-state index in [1.54, 1.807) is 6.07 Å². The highest BCUT2D eigenvalue weighted by Crippen LogP contribution is 2.32. The number of nitrogens with one attached hydrogen (secondary N) is 1. The summed E-state index contributed by atoms with van der Waals surface area (Å²) in [5, 5.41) is 2.76. The van der Waals surface area contributed by atoms with Crippen molar-refractivity contribution in [1.29, 1.82) is 0 Å². The van der Waals surface area contributed by atoms with Gasteiger partial charge in [0.1, 0.15) is 11.4 Å². The van der Waals surface area contributed by atoms with Crippen LogP contribution in [0.25, 0.3) is 0 Å². The normalized spacial score (nSPS) is 14.1. The van der Waals surface area contributed by atoms with E-state index >= 15 is 0 Å². The van der Waals surface area contributed by atoms with Crippen molar-refractivity contribution < 1.29 is 19.1 Å². The number of anilines is 1. The SMILES string of the molecule is NC(=O)c1cc(Cl)c(NC(=O)c2cc(OCOC3CCCC3)ccn2)c(Cl)c1. The van der Waals surface area contributed by atoms with Gasteiger partial charge in [0.25, 0.3) is 5.91 Å². The zero-order chi connectivity index (χ0) is 20.1. The molecule has 1 aliphatic rings.